The highest BCUT2D eigenvalue weighted by Gasteiger charge is 2.87. The fourth-order valence-corrected chi connectivity index (χ4v) is 7.15. The Hall–Kier alpha value is -3.54. The Morgan fingerprint density at radius 3 is 2.43 bits per heavy atom. The lowest BCUT2D eigenvalue weighted by atomic mass is 9.93. The average molecular weight is 599 g/mol. The van der Waals surface area contributed by atoms with E-state index >= 15 is 0 Å². The molecule has 1 amide bonds. The first-order chi connectivity index (χ1) is 20.1. The van der Waals surface area contributed by atoms with Gasteiger partial charge in [-0.15, -0.1) is 5.10 Å². The van der Waals surface area contributed by atoms with E-state index in [0.29, 0.717) is 19.0 Å². The van der Waals surface area contributed by atoms with Crippen LogP contribution in [0, 0.1) is 17.0 Å². The first kappa shape index (κ1) is 29.9. The van der Waals surface area contributed by atoms with E-state index in [4.69, 9.17) is 4.98 Å². The number of rotatable bonds is 6. The summed E-state index contributed by atoms with van der Waals surface area (Å²) in [6.07, 6.45) is 4.69. The fraction of sp³-hybridized carbons (Fsp3) is 0.500. The van der Waals surface area contributed by atoms with Crippen LogP contribution in [0.3, 0.4) is 0 Å². The van der Waals surface area contributed by atoms with Gasteiger partial charge in [0.2, 0.25) is 11.9 Å². The van der Waals surface area contributed by atoms with Gasteiger partial charge in [0.15, 0.2) is 0 Å². The summed E-state index contributed by atoms with van der Waals surface area (Å²) >= 11 is 0. The number of anilines is 1. The van der Waals surface area contributed by atoms with Crippen molar-refractivity contribution in [1.29, 1.82) is 0 Å². The standard InChI is InChI=1S/C26H24F2N6O3S.2C2H6/c1-38(36,37)10-9-33-7-8-34(13-21(33)35)24-29-6-5-20(30-24)26-14-25(26)12-16(25)15-11-19(31-32-23(15)26)22-17(27)3-2-4-18(22)28;2*1-2/h2-6,11,16H,7-10,12-14H2,1H3;2*1-2H3/t16-,25?,26-;;/m0../s1. The number of aromatic nitrogens is 4. The molecule has 3 heterocycles. The number of nitrogens with zero attached hydrogens (tertiary/aromatic N) is 6. The van der Waals surface area contributed by atoms with E-state index < -0.39 is 26.9 Å². The SMILES string of the molecule is CC.CC.CS(=O)(=O)CCN1CCN(c2nccc([C@]34CC35C[C@H]5c3cc(-c5c(F)cccc5F)nnc34)n2)CC1=O. The minimum absolute atomic E-state index is 0.00218. The molecule has 0 N–H and O–H groups in total. The molecule has 0 radical (unpaired) electrons. The van der Waals surface area contributed by atoms with Crippen LogP contribution in [0.1, 0.15) is 63.4 Å². The third-order valence-corrected chi connectivity index (χ3v) is 9.54. The Balaban J connectivity index is 0.000000847. The molecule has 9 nitrogen and oxygen atoms in total. The average Bonchev–Trinajstić information content (AvgIpc) is 3.88. The molecule has 12 heteroatoms. The smallest absolute Gasteiger partial charge is 0.242 e. The van der Waals surface area contributed by atoms with E-state index in [-0.39, 0.29) is 47.3 Å². The predicted octanol–water partition coefficient (Wildman–Crippen LogP) is 4.13. The van der Waals surface area contributed by atoms with Gasteiger partial charge in [0.1, 0.15) is 21.5 Å². The van der Waals surface area contributed by atoms with E-state index in [2.05, 4.69) is 15.2 Å². The van der Waals surface area contributed by atoms with Crippen molar-refractivity contribution < 1.29 is 22.0 Å². The Bertz CT molecular complexity index is 1620. The number of sulfone groups is 1. The van der Waals surface area contributed by atoms with E-state index in [9.17, 15) is 22.0 Å². The summed E-state index contributed by atoms with van der Waals surface area (Å²) in [5, 5.41) is 8.73. The van der Waals surface area contributed by atoms with Crippen LogP contribution in [-0.4, -0.2) is 77.6 Å². The Kier molecular flexibility index (Phi) is 7.80. The van der Waals surface area contributed by atoms with Gasteiger partial charge in [0.05, 0.1) is 40.4 Å². The fourth-order valence-electron chi connectivity index (χ4n) is 6.59. The summed E-state index contributed by atoms with van der Waals surface area (Å²) in [4.78, 5) is 25.4. The molecular weight excluding hydrogens is 562 g/mol. The zero-order chi connectivity index (χ0) is 30.4. The van der Waals surface area contributed by atoms with Crippen molar-refractivity contribution in [3.05, 3.63) is 65.1 Å². The monoisotopic (exact) mass is 598 g/mol. The maximum Gasteiger partial charge on any atom is 0.242 e. The zero-order valence-corrected chi connectivity index (χ0v) is 25.4. The first-order valence-electron chi connectivity index (χ1n) is 14.5. The summed E-state index contributed by atoms with van der Waals surface area (Å²) < 4.78 is 51.8. The van der Waals surface area contributed by atoms with Crippen LogP contribution < -0.4 is 4.90 Å². The number of fused-ring (bicyclic) bond motifs is 3. The number of hydrogen-bond acceptors (Lipinski definition) is 8. The van der Waals surface area contributed by atoms with E-state index in [1.54, 1.807) is 17.2 Å². The van der Waals surface area contributed by atoms with Crippen molar-refractivity contribution >= 4 is 21.7 Å². The van der Waals surface area contributed by atoms with Crippen LogP contribution in [0.25, 0.3) is 11.3 Å². The quantitative estimate of drug-likeness (QED) is 0.417. The van der Waals surface area contributed by atoms with Gasteiger partial charge in [-0.05, 0) is 54.0 Å². The first-order valence-corrected chi connectivity index (χ1v) is 16.6. The molecule has 0 bridgehead atoms. The summed E-state index contributed by atoms with van der Waals surface area (Å²) in [6.45, 7) is 9.13. The third kappa shape index (κ3) is 4.73. The summed E-state index contributed by atoms with van der Waals surface area (Å²) in [5.41, 5.74) is 2.20. The van der Waals surface area contributed by atoms with Crippen LogP contribution in [0.2, 0.25) is 0 Å². The molecule has 4 aliphatic rings. The van der Waals surface area contributed by atoms with E-state index in [1.807, 2.05) is 38.7 Å². The molecule has 1 unspecified atom stereocenters. The molecule has 224 valence electrons. The van der Waals surface area contributed by atoms with Crippen molar-refractivity contribution in [2.75, 3.05) is 43.1 Å². The van der Waals surface area contributed by atoms with Gasteiger partial charge in [-0.25, -0.2) is 27.2 Å². The van der Waals surface area contributed by atoms with Gasteiger partial charge < -0.3 is 9.80 Å². The van der Waals surface area contributed by atoms with Crippen molar-refractivity contribution in [3.8, 4) is 11.3 Å². The highest BCUT2D eigenvalue weighted by Crippen LogP contribution is 2.91. The van der Waals surface area contributed by atoms with Crippen molar-refractivity contribution in [1.82, 2.24) is 25.1 Å². The molecule has 1 saturated heterocycles. The Labute approximate surface area is 245 Å². The second-order valence-electron chi connectivity index (χ2n) is 10.8. The van der Waals surface area contributed by atoms with Crippen LogP contribution in [-0.2, 0) is 20.0 Å². The molecule has 3 atom stereocenters. The minimum atomic E-state index is -3.16. The molecule has 1 spiro atoms. The summed E-state index contributed by atoms with van der Waals surface area (Å²) in [6, 6.07) is 7.39. The number of amides is 1. The van der Waals surface area contributed by atoms with Crippen LogP contribution >= 0.6 is 0 Å². The lowest BCUT2D eigenvalue weighted by Crippen LogP contribution is -2.52. The Morgan fingerprint density at radius 1 is 1.05 bits per heavy atom. The van der Waals surface area contributed by atoms with Gasteiger partial charge in [-0.2, -0.15) is 5.10 Å². The highest BCUT2D eigenvalue weighted by atomic mass is 32.2. The van der Waals surface area contributed by atoms with Gasteiger partial charge in [-0.1, -0.05) is 33.8 Å². The molecule has 1 aromatic carbocycles. The van der Waals surface area contributed by atoms with Crippen LogP contribution in [0.4, 0.5) is 14.7 Å². The molecule has 42 heavy (non-hydrogen) atoms. The second-order valence-corrected chi connectivity index (χ2v) is 13.1. The number of benzene rings is 1. The number of piperazine rings is 1. The van der Waals surface area contributed by atoms with Gasteiger partial charge in [0, 0.05) is 32.1 Å². The Morgan fingerprint density at radius 2 is 1.76 bits per heavy atom. The molecule has 1 aliphatic heterocycles. The molecule has 7 rings (SSSR count). The van der Waals surface area contributed by atoms with Crippen molar-refractivity contribution in [2.24, 2.45) is 5.41 Å². The zero-order valence-electron chi connectivity index (χ0n) is 24.6. The topological polar surface area (TPSA) is 109 Å². The lowest BCUT2D eigenvalue weighted by Gasteiger charge is -2.34. The maximum atomic E-state index is 14.4. The highest BCUT2D eigenvalue weighted by molar-refractivity contribution is 7.90. The van der Waals surface area contributed by atoms with E-state index in [1.165, 1.54) is 18.2 Å². The van der Waals surface area contributed by atoms with Gasteiger partial charge >= 0.3 is 0 Å². The third-order valence-electron chi connectivity index (χ3n) is 8.62. The molecule has 3 fully saturated rings. The molecule has 2 saturated carbocycles. The summed E-state index contributed by atoms with van der Waals surface area (Å²) in [7, 11) is -3.16. The van der Waals surface area contributed by atoms with Crippen LogP contribution in [0.15, 0.2) is 36.5 Å². The van der Waals surface area contributed by atoms with Crippen molar-refractivity contribution in [2.45, 2.75) is 51.9 Å². The number of carbonyl (C=O) groups is 1. The van der Waals surface area contributed by atoms with E-state index in [0.717, 1.165) is 36.0 Å². The maximum absolute atomic E-state index is 14.4. The molecular formula is C30H36F2N6O3S. The van der Waals surface area contributed by atoms with Gasteiger partial charge in [0.25, 0.3) is 0 Å². The largest absolute Gasteiger partial charge is 0.338 e. The minimum Gasteiger partial charge on any atom is -0.338 e. The molecule has 2 aromatic heterocycles. The number of carbonyl (C=O) groups excluding carboxylic acids is 1. The number of hydrogen-bond donors (Lipinski definition) is 0. The summed E-state index contributed by atoms with van der Waals surface area (Å²) in [5.74, 6) is -0.883. The van der Waals surface area contributed by atoms with Crippen LogP contribution in [0.5, 0.6) is 0 Å². The lowest BCUT2D eigenvalue weighted by molar-refractivity contribution is -0.130. The molecule has 3 aromatic rings. The molecule has 3 aliphatic carbocycles. The second kappa shape index (κ2) is 10.9. The van der Waals surface area contributed by atoms with Crippen molar-refractivity contribution in [3.63, 3.8) is 0 Å². The predicted molar refractivity (Wildman–Crippen MR) is 156 cm³/mol. The van der Waals surface area contributed by atoms with Gasteiger partial charge in [-0.3, -0.25) is 4.79 Å². The number of halogens is 2. The normalized spacial score (nSPS) is 24.8.